The maximum absolute atomic E-state index is 12.7. The molecule has 1 unspecified atom stereocenters. The second-order valence-electron chi connectivity index (χ2n) is 8.08. The van der Waals surface area contributed by atoms with E-state index in [9.17, 15) is 4.79 Å². The predicted molar refractivity (Wildman–Crippen MR) is 126 cm³/mol. The number of amides is 1. The van der Waals surface area contributed by atoms with Gasteiger partial charge in [0.15, 0.2) is 0 Å². The monoisotopic (exact) mass is 472 g/mol. The Morgan fingerprint density at radius 3 is 2.91 bits per heavy atom. The van der Waals surface area contributed by atoms with E-state index >= 15 is 0 Å². The molecule has 1 amide bonds. The molecule has 1 aromatic heterocycles. The largest absolute Gasteiger partial charge is 0.356 e. The Labute approximate surface area is 197 Å². The quantitative estimate of drug-likeness (QED) is 0.466. The fraction of sp³-hybridized carbons (Fsp3) is 0.375. The standard InChI is InChI=1S/C24H26Cl2N4O2/c25-20-10-3-7-18(14-20)23-28-22(32-29-23)16-30-13-5-9-19(15-30)24(31)27-12-4-8-17-6-1-2-11-21(17)26/h1-3,6-7,10-11,14,19H,4-5,8-9,12-13,15-16H2,(H,27,31). The minimum absolute atomic E-state index is 0.0283. The zero-order valence-electron chi connectivity index (χ0n) is 17.8. The predicted octanol–water partition coefficient (Wildman–Crippen LogP) is 5.00. The fourth-order valence-electron chi connectivity index (χ4n) is 4.00. The van der Waals surface area contributed by atoms with E-state index in [1.165, 1.54) is 0 Å². The number of piperidine rings is 1. The van der Waals surface area contributed by atoms with Crippen molar-refractivity contribution in [2.75, 3.05) is 19.6 Å². The molecule has 1 aliphatic heterocycles. The van der Waals surface area contributed by atoms with Crippen LogP contribution < -0.4 is 5.32 Å². The van der Waals surface area contributed by atoms with Crippen LogP contribution in [0, 0.1) is 5.92 Å². The number of hydrogen-bond donors (Lipinski definition) is 1. The maximum Gasteiger partial charge on any atom is 0.241 e. The molecule has 168 valence electrons. The lowest BCUT2D eigenvalue weighted by Gasteiger charge is -2.30. The molecule has 2 heterocycles. The van der Waals surface area contributed by atoms with Gasteiger partial charge in [-0.2, -0.15) is 4.98 Å². The summed E-state index contributed by atoms with van der Waals surface area (Å²) in [5.41, 5.74) is 1.93. The molecule has 1 saturated heterocycles. The Morgan fingerprint density at radius 2 is 2.06 bits per heavy atom. The van der Waals surface area contributed by atoms with Crippen molar-refractivity contribution >= 4 is 29.1 Å². The number of aryl methyl sites for hydroxylation is 1. The molecule has 0 spiro atoms. The van der Waals surface area contributed by atoms with Crippen LogP contribution in [0.1, 0.15) is 30.7 Å². The van der Waals surface area contributed by atoms with E-state index in [0.717, 1.165) is 48.4 Å². The highest BCUT2D eigenvalue weighted by atomic mass is 35.5. The van der Waals surface area contributed by atoms with Gasteiger partial charge in [-0.1, -0.05) is 58.7 Å². The molecular formula is C24H26Cl2N4O2. The fourth-order valence-corrected chi connectivity index (χ4v) is 4.42. The number of rotatable bonds is 8. The summed E-state index contributed by atoms with van der Waals surface area (Å²) in [5, 5.41) is 8.56. The van der Waals surface area contributed by atoms with Gasteiger partial charge in [0.2, 0.25) is 17.6 Å². The zero-order chi connectivity index (χ0) is 22.3. The van der Waals surface area contributed by atoms with E-state index < -0.39 is 0 Å². The molecule has 32 heavy (non-hydrogen) atoms. The van der Waals surface area contributed by atoms with Gasteiger partial charge in [0, 0.05) is 28.7 Å². The molecule has 1 aliphatic rings. The number of nitrogens with zero attached hydrogens (tertiary/aromatic N) is 3. The molecule has 1 fully saturated rings. The Hall–Kier alpha value is -2.41. The molecular weight excluding hydrogens is 447 g/mol. The molecule has 1 atom stereocenters. The Balaban J connectivity index is 1.24. The Kier molecular flexibility index (Phi) is 7.79. The molecule has 4 rings (SSSR count). The van der Waals surface area contributed by atoms with E-state index in [1.807, 2.05) is 48.5 Å². The number of nitrogens with one attached hydrogen (secondary N) is 1. The average Bonchev–Trinajstić information content (AvgIpc) is 3.26. The number of carbonyl (C=O) groups is 1. The average molecular weight is 473 g/mol. The smallest absolute Gasteiger partial charge is 0.241 e. The van der Waals surface area contributed by atoms with Gasteiger partial charge in [0.25, 0.3) is 0 Å². The molecule has 1 N–H and O–H groups in total. The first-order valence-electron chi connectivity index (χ1n) is 10.9. The van der Waals surface area contributed by atoms with Crippen LogP contribution >= 0.6 is 23.2 Å². The molecule has 3 aromatic rings. The lowest BCUT2D eigenvalue weighted by atomic mass is 9.97. The second-order valence-corrected chi connectivity index (χ2v) is 8.93. The topological polar surface area (TPSA) is 71.3 Å². The van der Waals surface area contributed by atoms with Crippen molar-refractivity contribution in [1.82, 2.24) is 20.4 Å². The second kappa shape index (κ2) is 10.9. The van der Waals surface area contributed by atoms with Crippen LogP contribution in [0.2, 0.25) is 10.0 Å². The molecule has 0 saturated carbocycles. The van der Waals surface area contributed by atoms with E-state index in [4.69, 9.17) is 27.7 Å². The van der Waals surface area contributed by atoms with Crippen molar-refractivity contribution in [3.8, 4) is 11.4 Å². The third-order valence-corrected chi connectivity index (χ3v) is 6.27. The molecule has 0 radical (unpaired) electrons. The van der Waals surface area contributed by atoms with E-state index in [-0.39, 0.29) is 11.8 Å². The van der Waals surface area contributed by atoms with Crippen molar-refractivity contribution in [2.24, 2.45) is 5.92 Å². The third kappa shape index (κ3) is 6.09. The lowest BCUT2D eigenvalue weighted by molar-refractivity contribution is -0.126. The first-order valence-corrected chi connectivity index (χ1v) is 11.7. The highest BCUT2D eigenvalue weighted by molar-refractivity contribution is 6.31. The minimum atomic E-state index is -0.0283. The number of benzene rings is 2. The summed E-state index contributed by atoms with van der Waals surface area (Å²) in [6.07, 6.45) is 3.57. The molecule has 8 heteroatoms. The van der Waals surface area contributed by atoms with Gasteiger partial charge in [-0.3, -0.25) is 9.69 Å². The van der Waals surface area contributed by atoms with Gasteiger partial charge in [-0.25, -0.2) is 0 Å². The SMILES string of the molecule is O=C(NCCCc1ccccc1Cl)C1CCCN(Cc2nc(-c3cccc(Cl)c3)no2)C1. The normalized spacial score (nSPS) is 16.8. The maximum atomic E-state index is 12.7. The van der Waals surface area contributed by atoms with Crippen LogP contribution in [0.15, 0.2) is 53.1 Å². The summed E-state index contributed by atoms with van der Waals surface area (Å²) in [6, 6.07) is 15.2. The van der Waals surface area contributed by atoms with Gasteiger partial charge in [-0.05, 0) is 56.0 Å². The minimum Gasteiger partial charge on any atom is -0.356 e. The van der Waals surface area contributed by atoms with Crippen molar-refractivity contribution < 1.29 is 9.32 Å². The summed E-state index contributed by atoms with van der Waals surface area (Å²) >= 11 is 12.2. The van der Waals surface area contributed by atoms with Crippen LogP contribution in [-0.2, 0) is 17.8 Å². The number of likely N-dealkylation sites (tertiary alicyclic amines) is 1. The van der Waals surface area contributed by atoms with Gasteiger partial charge in [0.1, 0.15) is 0 Å². The number of carbonyl (C=O) groups excluding carboxylic acids is 1. The van der Waals surface area contributed by atoms with Gasteiger partial charge >= 0.3 is 0 Å². The summed E-state index contributed by atoms with van der Waals surface area (Å²) in [4.78, 5) is 19.4. The number of hydrogen-bond acceptors (Lipinski definition) is 5. The first-order chi connectivity index (χ1) is 15.6. The van der Waals surface area contributed by atoms with Crippen LogP contribution in [0.3, 0.4) is 0 Å². The molecule has 6 nitrogen and oxygen atoms in total. The van der Waals surface area contributed by atoms with Gasteiger partial charge in [-0.15, -0.1) is 0 Å². The summed E-state index contributed by atoms with van der Waals surface area (Å²) < 4.78 is 5.43. The van der Waals surface area contributed by atoms with Crippen molar-refractivity contribution in [3.05, 3.63) is 70.0 Å². The highest BCUT2D eigenvalue weighted by Gasteiger charge is 2.26. The van der Waals surface area contributed by atoms with E-state index in [2.05, 4.69) is 20.4 Å². The summed E-state index contributed by atoms with van der Waals surface area (Å²) in [5.74, 6) is 1.14. The van der Waals surface area contributed by atoms with Gasteiger partial charge in [0.05, 0.1) is 12.5 Å². The molecule has 0 bridgehead atoms. The number of halogens is 2. The van der Waals surface area contributed by atoms with Crippen molar-refractivity contribution in [2.45, 2.75) is 32.2 Å². The molecule has 2 aromatic carbocycles. The van der Waals surface area contributed by atoms with Gasteiger partial charge < -0.3 is 9.84 Å². The first kappa shape index (κ1) is 22.8. The summed E-state index contributed by atoms with van der Waals surface area (Å²) in [6.45, 7) is 2.77. The Bertz CT molecular complexity index is 1060. The molecule has 0 aliphatic carbocycles. The van der Waals surface area contributed by atoms with Crippen molar-refractivity contribution in [3.63, 3.8) is 0 Å². The highest BCUT2D eigenvalue weighted by Crippen LogP contribution is 2.22. The number of aromatic nitrogens is 2. The van der Waals surface area contributed by atoms with Crippen molar-refractivity contribution in [1.29, 1.82) is 0 Å². The summed E-state index contributed by atoms with van der Waals surface area (Å²) in [7, 11) is 0. The van der Waals surface area contributed by atoms with Crippen LogP contribution in [0.5, 0.6) is 0 Å². The van der Waals surface area contributed by atoms with Crippen LogP contribution in [-0.4, -0.2) is 40.6 Å². The zero-order valence-corrected chi connectivity index (χ0v) is 19.3. The van der Waals surface area contributed by atoms with Crippen LogP contribution in [0.4, 0.5) is 0 Å². The Morgan fingerprint density at radius 1 is 1.19 bits per heavy atom. The van der Waals surface area contributed by atoms with E-state index in [0.29, 0.717) is 36.4 Å². The van der Waals surface area contributed by atoms with Crippen LogP contribution in [0.25, 0.3) is 11.4 Å². The third-order valence-electron chi connectivity index (χ3n) is 5.67. The van der Waals surface area contributed by atoms with E-state index in [1.54, 1.807) is 0 Å². The lowest BCUT2D eigenvalue weighted by Crippen LogP contribution is -2.43.